The fraction of sp³-hybridized carbons (Fsp3) is 0.538. The summed E-state index contributed by atoms with van der Waals surface area (Å²) in [6, 6.07) is 0. The van der Waals surface area contributed by atoms with Crippen molar-refractivity contribution in [3.8, 4) is 0 Å². The van der Waals surface area contributed by atoms with Gasteiger partial charge < -0.3 is 20.7 Å². The van der Waals surface area contributed by atoms with Gasteiger partial charge in [0.25, 0.3) is 0 Å². The Labute approximate surface area is 149 Å². The van der Waals surface area contributed by atoms with Crippen molar-refractivity contribution in [3.05, 3.63) is 21.2 Å². The number of carbonyl (C=O) groups is 2. The molecule has 5 atom stereocenters. The molecule has 0 saturated carbocycles. The quantitative estimate of drug-likeness (QED) is 0.541. The highest BCUT2D eigenvalue weighted by atomic mass is 79.9. The van der Waals surface area contributed by atoms with Crippen LogP contribution in [-0.2, 0) is 14.3 Å². The van der Waals surface area contributed by atoms with E-state index >= 15 is 0 Å². The van der Waals surface area contributed by atoms with Crippen molar-refractivity contribution in [1.82, 2.24) is 9.55 Å². The summed E-state index contributed by atoms with van der Waals surface area (Å²) in [6.45, 7) is 2.11. The van der Waals surface area contributed by atoms with Crippen LogP contribution in [-0.4, -0.2) is 54.5 Å². The molecule has 1 saturated heterocycles. The summed E-state index contributed by atoms with van der Waals surface area (Å²) in [7, 11) is 0. The minimum Gasteiger partial charge on any atom is -0.383 e. The van der Waals surface area contributed by atoms with E-state index in [1.54, 1.807) is 0 Å². The molecule has 24 heavy (non-hydrogen) atoms. The molecule has 11 heteroatoms. The van der Waals surface area contributed by atoms with E-state index in [0.717, 1.165) is 18.4 Å². The second kappa shape index (κ2) is 6.52. The number of ether oxygens (including phenoxy) is 1. The van der Waals surface area contributed by atoms with Gasteiger partial charge >= 0.3 is 5.69 Å². The lowest BCUT2D eigenvalue weighted by atomic mass is 9.86. The molecule has 0 aromatic carbocycles. The second-order valence-corrected chi connectivity index (χ2v) is 6.77. The lowest BCUT2D eigenvalue weighted by Crippen LogP contribution is -2.56. The highest BCUT2D eigenvalue weighted by Gasteiger charge is 2.62. The molecular formula is C13H15BrClN3O6. The van der Waals surface area contributed by atoms with Crippen molar-refractivity contribution >= 4 is 44.9 Å². The smallest absolute Gasteiger partial charge is 0.351 e. The van der Waals surface area contributed by atoms with Gasteiger partial charge in [0.1, 0.15) is 23.4 Å². The van der Waals surface area contributed by atoms with Crippen LogP contribution in [0.25, 0.3) is 0 Å². The molecule has 4 N–H and O–H groups in total. The number of nitrogens with two attached hydrogens (primary N) is 1. The highest BCUT2D eigenvalue weighted by molar-refractivity contribution is 9.10. The van der Waals surface area contributed by atoms with Crippen molar-refractivity contribution in [2.45, 2.75) is 43.3 Å². The van der Waals surface area contributed by atoms with Gasteiger partial charge in [0.15, 0.2) is 23.4 Å². The van der Waals surface area contributed by atoms with E-state index in [1.807, 2.05) is 0 Å². The van der Waals surface area contributed by atoms with Gasteiger partial charge in [-0.1, -0.05) is 0 Å². The number of Topliss-reactive ketones (excluding diaryl/α,β-unsaturated/α-hetero) is 2. The number of anilines is 1. The Hall–Kier alpha value is -1.33. The van der Waals surface area contributed by atoms with Crippen LogP contribution >= 0.6 is 27.5 Å². The molecule has 1 fully saturated rings. The molecule has 2 rings (SSSR count). The SMILES string of the molecule is CC(=O)C(O)[C@H]1O[C@@H](n2cc(Br)c(N)nc2=O)[C@H](Cl)[C@@]1(O)C(C)=O. The Morgan fingerprint density at radius 2 is 2.12 bits per heavy atom. The van der Waals surface area contributed by atoms with E-state index in [4.69, 9.17) is 22.1 Å². The van der Waals surface area contributed by atoms with Gasteiger partial charge in [-0.05, 0) is 29.8 Å². The summed E-state index contributed by atoms with van der Waals surface area (Å²) >= 11 is 9.26. The molecule has 1 aliphatic rings. The van der Waals surface area contributed by atoms with Crippen molar-refractivity contribution in [2.75, 3.05) is 5.73 Å². The summed E-state index contributed by atoms with van der Waals surface area (Å²) in [6.07, 6.45) is -3.56. The molecule has 0 spiro atoms. The predicted octanol–water partition coefficient (Wildman–Crippen LogP) is -0.637. The van der Waals surface area contributed by atoms with Crippen LogP contribution in [0.3, 0.4) is 0 Å². The number of aliphatic hydroxyl groups excluding tert-OH is 1. The number of nitrogen functional groups attached to an aromatic ring is 1. The summed E-state index contributed by atoms with van der Waals surface area (Å²) in [5.74, 6) is -1.61. The van der Waals surface area contributed by atoms with Crippen LogP contribution in [0.2, 0.25) is 0 Å². The zero-order valence-corrected chi connectivity index (χ0v) is 15.0. The number of ketones is 2. The number of rotatable bonds is 4. The van der Waals surface area contributed by atoms with Crippen LogP contribution in [0.5, 0.6) is 0 Å². The zero-order chi connectivity index (χ0) is 18.4. The first-order valence-electron chi connectivity index (χ1n) is 6.77. The summed E-state index contributed by atoms with van der Waals surface area (Å²) in [5.41, 5.74) is 2.30. The maximum absolute atomic E-state index is 12.0. The van der Waals surface area contributed by atoms with E-state index in [0.29, 0.717) is 0 Å². The van der Waals surface area contributed by atoms with E-state index in [1.165, 1.54) is 6.20 Å². The molecule has 132 valence electrons. The van der Waals surface area contributed by atoms with Crippen molar-refractivity contribution in [1.29, 1.82) is 0 Å². The fourth-order valence-electron chi connectivity index (χ4n) is 2.47. The largest absolute Gasteiger partial charge is 0.383 e. The van der Waals surface area contributed by atoms with Crippen LogP contribution < -0.4 is 11.4 Å². The first-order chi connectivity index (χ1) is 11.0. The second-order valence-electron chi connectivity index (χ2n) is 5.45. The van der Waals surface area contributed by atoms with Crippen molar-refractivity contribution < 1.29 is 24.5 Å². The van der Waals surface area contributed by atoms with Crippen LogP contribution in [0.15, 0.2) is 15.5 Å². The lowest BCUT2D eigenvalue weighted by Gasteiger charge is -2.29. The molecule has 1 aliphatic heterocycles. The highest BCUT2D eigenvalue weighted by Crippen LogP contribution is 2.42. The minimum atomic E-state index is -2.37. The number of halogens is 2. The van der Waals surface area contributed by atoms with Crippen LogP contribution in [0.1, 0.15) is 20.1 Å². The van der Waals surface area contributed by atoms with Gasteiger partial charge in [-0.15, -0.1) is 11.6 Å². The summed E-state index contributed by atoms with van der Waals surface area (Å²) in [5, 5.41) is 19.2. The first-order valence-corrected chi connectivity index (χ1v) is 8.00. The number of nitrogens with zero attached hydrogens (tertiary/aromatic N) is 2. The van der Waals surface area contributed by atoms with E-state index in [-0.39, 0.29) is 10.3 Å². The molecule has 0 aliphatic carbocycles. The van der Waals surface area contributed by atoms with Crippen LogP contribution in [0, 0.1) is 0 Å². The van der Waals surface area contributed by atoms with Crippen molar-refractivity contribution in [3.63, 3.8) is 0 Å². The Kier molecular flexibility index (Phi) is 5.17. The third-order valence-corrected chi connectivity index (χ3v) is 5.03. The molecule has 1 aromatic heterocycles. The third-order valence-electron chi connectivity index (χ3n) is 3.87. The maximum atomic E-state index is 12.0. The van der Waals surface area contributed by atoms with E-state index in [2.05, 4.69) is 20.9 Å². The van der Waals surface area contributed by atoms with Gasteiger partial charge in [0.2, 0.25) is 0 Å². The van der Waals surface area contributed by atoms with E-state index < -0.39 is 46.7 Å². The van der Waals surface area contributed by atoms with Gasteiger partial charge in [-0.3, -0.25) is 14.2 Å². The molecular weight excluding hydrogens is 410 g/mol. The number of aliphatic hydroxyl groups is 2. The van der Waals surface area contributed by atoms with Gasteiger partial charge in [-0.25, -0.2) is 4.79 Å². The standard InChI is InChI=1S/C13H15BrClN3O6/c1-4(19)7(21)9-13(23,5(2)20)8(15)11(24-9)18-3-6(14)10(16)17-12(18)22/h3,7-9,11,21,23H,1-2H3,(H2,16,17,22)/t7?,8-,9+,11+,13-/m0/s1. The number of hydrogen-bond donors (Lipinski definition) is 3. The molecule has 0 bridgehead atoms. The normalized spacial score (nSPS) is 31.0. The molecule has 1 aromatic rings. The van der Waals surface area contributed by atoms with Crippen LogP contribution in [0.4, 0.5) is 5.82 Å². The lowest BCUT2D eigenvalue weighted by molar-refractivity contribution is -0.158. The summed E-state index contributed by atoms with van der Waals surface area (Å²) in [4.78, 5) is 39.0. The fourth-order valence-corrected chi connectivity index (χ4v) is 3.23. The van der Waals surface area contributed by atoms with Gasteiger partial charge in [0, 0.05) is 6.20 Å². The Morgan fingerprint density at radius 1 is 1.54 bits per heavy atom. The maximum Gasteiger partial charge on any atom is 0.351 e. The topological polar surface area (TPSA) is 145 Å². The van der Waals surface area contributed by atoms with Crippen molar-refractivity contribution in [2.24, 2.45) is 0 Å². The average Bonchev–Trinajstić information content (AvgIpc) is 2.76. The molecule has 1 unspecified atom stereocenters. The summed E-state index contributed by atoms with van der Waals surface area (Å²) < 4.78 is 6.60. The Morgan fingerprint density at radius 3 is 2.62 bits per heavy atom. The minimum absolute atomic E-state index is 0.0671. The number of aromatic nitrogens is 2. The monoisotopic (exact) mass is 423 g/mol. The first kappa shape index (κ1) is 19.0. The predicted molar refractivity (Wildman–Crippen MR) is 86.5 cm³/mol. The molecule has 9 nitrogen and oxygen atoms in total. The Bertz CT molecular complexity index is 756. The van der Waals surface area contributed by atoms with E-state index in [9.17, 15) is 24.6 Å². The Balaban J connectivity index is 2.55. The molecule has 0 radical (unpaired) electrons. The number of carbonyl (C=O) groups excluding carboxylic acids is 2. The number of alkyl halides is 1. The third kappa shape index (κ3) is 2.88. The zero-order valence-electron chi connectivity index (χ0n) is 12.6. The number of hydrogen-bond acceptors (Lipinski definition) is 8. The average molecular weight is 425 g/mol. The van der Waals surface area contributed by atoms with Gasteiger partial charge in [-0.2, -0.15) is 4.98 Å². The molecule has 2 heterocycles. The molecule has 0 amide bonds. The van der Waals surface area contributed by atoms with Gasteiger partial charge in [0.05, 0.1) is 4.47 Å².